The van der Waals surface area contributed by atoms with Crippen molar-refractivity contribution in [1.82, 2.24) is 0 Å². The second kappa shape index (κ2) is 5.61. The van der Waals surface area contributed by atoms with Gasteiger partial charge in [-0.05, 0) is 6.08 Å². The van der Waals surface area contributed by atoms with Gasteiger partial charge in [-0.1, -0.05) is 12.2 Å². The number of hydrogen-bond donors (Lipinski definition) is 1. The highest BCUT2D eigenvalue weighted by atomic mass is 32.2. The second-order valence-electron chi connectivity index (χ2n) is 3.23. The SMILES string of the molecule is O=C(O)C1=CC=CC(=S(=O)=O)C1SCC(F)(F)F. The molecule has 0 spiro atoms. The van der Waals surface area contributed by atoms with E-state index in [-0.39, 0.29) is 22.2 Å². The molecule has 0 aromatic carbocycles. The van der Waals surface area contributed by atoms with Crippen molar-refractivity contribution in [2.24, 2.45) is 0 Å². The van der Waals surface area contributed by atoms with Crippen LogP contribution in [0.1, 0.15) is 0 Å². The van der Waals surface area contributed by atoms with E-state index in [0.717, 1.165) is 12.2 Å². The molecule has 1 atom stereocenters. The quantitative estimate of drug-likeness (QED) is 0.795. The van der Waals surface area contributed by atoms with Crippen LogP contribution < -0.4 is 0 Å². The lowest BCUT2D eigenvalue weighted by Crippen LogP contribution is -2.28. The van der Waals surface area contributed by atoms with Crippen LogP contribution in [0.3, 0.4) is 0 Å². The summed E-state index contributed by atoms with van der Waals surface area (Å²) in [6, 6.07) is 0. The van der Waals surface area contributed by atoms with E-state index in [9.17, 15) is 26.4 Å². The minimum Gasteiger partial charge on any atom is -0.478 e. The fourth-order valence-corrected chi connectivity index (χ4v) is 3.14. The van der Waals surface area contributed by atoms with Gasteiger partial charge in [-0.2, -0.15) is 21.6 Å². The van der Waals surface area contributed by atoms with Crippen LogP contribution >= 0.6 is 11.8 Å². The number of aliphatic carboxylic acids is 1. The van der Waals surface area contributed by atoms with E-state index in [1.807, 2.05) is 0 Å². The summed E-state index contributed by atoms with van der Waals surface area (Å²) in [4.78, 5) is 10.5. The van der Waals surface area contributed by atoms with E-state index < -0.39 is 33.4 Å². The van der Waals surface area contributed by atoms with Gasteiger partial charge in [0.15, 0.2) is 0 Å². The molecular weight excluding hydrogens is 293 g/mol. The van der Waals surface area contributed by atoms with Crippen molar-refractivity contribution in [3.05, 3.63) is 23.8 Å². The van der Waals surface area contributed by atoms with Crippen molar-refractivity contribution in [3.63, 3.8) is 0 Å². The first kappa shape index (κ1) is 14.8. The van der Waals surface area contributed by atoms with E-state index in [2.05, 4.69) is 0 Å². The molecule has 0 aromatic rings. The number of alkyl halides is 3. The van der Waals surface area contributed by atoms with Crippen molar-refractivity contribution in [1.29, 1.82) is 0 Å². The van der Waals surface area contributed by atoms with Crippen molar-refractivity contribution in [2.75, 3.05) is 5.75 Å². The third kappa shape index (κ3) is 3.91. The Balaban J connectivity index is 3.07. The fraction of sp³-hybridized carbons (Fsp3) is 0.333. The Morgan fingerprint density at radius 1 is 1.44 bits per heavy atom. The molecule has 18 heavy (non-hydrogen) atoms. The highest BCUT2D eigenvalue weighted by Gasteiger charge is 2.34. The molecule has 0 fully saturated rings. The van der Waals surface area contributed by atoms with Crippen molar-refractivity contribution < 1.29 is 31.5 Å². The first-order valence-electron chi connectivity index (χ1n) is 4.48. The lowest BCUT2D eigenvalue weighted by molar-refractivity contribution is -0.132. The van der Waals surface area contributed by atoms with Crippen LogP contribution in [-0.4, -0.2) is 41.5 Å². The van der Waals surface area contributed by atoms with E-state index >= 15 is 0 Å². The number of carboxylic acids is 1. The lowest BCUT2D eigenvalue weighted by Gasteiger charge is -2.19. The predicted octanol–water partition coefficient (Wildman–Crippen LogP) is 1.28. The monoisotopic (exact) mass is 300 g/mol. The van der Waals surface area contributed by atoms with Gasteiger partial charge >= 0.3 is 12.1 Å². The smallest absolute Gasteiger partial charge is 0.397 e. The minimum atomic E-state index is -4.50. The van der Waals surface area contributed by atoms with Gasteiger partial charge in [0.1, 0.15) is 0 Å². The highest BCUT2D eigenvalue weighted by Crippen LogP contribution is 2.30. The number of allylic oxidation sites excluding steroid dienone is 3. The molecule has 1 aliphatic rings. The summed E-state index contributed by atoms with van der Waals surface area (Å²) in [5.74, 6) is -2.77. The normalized spacial score (nSPS) is 19.6. The van der Waals surface area contributed by atoms with Gasteiger partial charge in [0, 0.05) is 0 Å². The van der Waals surface area contributed by atoms with Crippen molar-refractivity contribution in [3.8, 4) is 0 Å². The molecular formula is C9H7F3O4S2. The van der Waals surface area contributed by atoms with Gasteiger partial charge in [0.25, 0.3) is 0 Å². The Morgan fingerprint density at radius 3 is 2.50 bits per heavy atom. The van der Waals surface area contributed by atoms with E-state index in [0.29, 0.717) is 0 Å². The topological polar surface area (TPSA) is 71.4 Å². The van der Waals surface area contributed by atoms with Gasteiger partial charge in [-0.3, -0.25) is 0 Å². The van der Waals surface area contributed by atoms with Crippen LogP contribution in [0, 0.1) is 0 Å². The summed E-state index contributed by atoms with van der Waals surface area (Å²) < 4.78 is 58.0. The van der Waals surface area contributed by atoms with Crippen LogP contribution in [0.5, 0.6) is 0 Å². The zero-order valence-electron chi connectivity index (χ0n) is 8.64. The number of rotatable bonds is 3. The number of hydrogen-bond acceptors (Lipinski definition) is 4. The van der Waals surface area contributed by atoms with Crippen molar-refractivity contribution in [2.45, 2.75) is 11.4 Å². The molecule has 0 bridgehead atoms. The Labute approximate surface area is 106 Å². The lowest BCUT2D eigenvalue weighted by atomic mass is 10.0. The number of carbonyl (C=O) groups is 1. The molecule has 9 heteroatoms. The maximum Gasteiger partial charge on any atom is 0.397 e. The predicted molar refractivity (Wildman–Crippen MR) is 61.1 cm³/mol. The summed E-state index contributed by atoms with van der Waals surface area (Å²) in [5.41, 5.74) is -0.383. The third-order valence-electron chi connectivity index (χ3n) is 1.93. The summed E-state index contributed by atoms with van der Waals surface area (Å²) in [6.07, 6.45) is -1.14. The van der Waals surface area contributed by atoms with E-state index in [1.165, 1.54) is 6.08 Å². The first-order chi connectivity index (χ1) is 8.22. The standard InChI is InChI=1S/C9H7F3O4S2/c10-9(11,12)4-17-7-5(8(13)14)2-1-3-6(7)18(15)16/h1-3,7H,4H2,(H,13,14). The molecule has 1 rings (SSSR count). The largest absolute Gasteiger partial charge is 0.478 e. The molecule has 0 radical (unpaired) electrons. The van der Waals surface area contributed by atoms with Crippen LogP contribution in [0.2, 0.25) is 0 Å². The summed E-state index contributed by atoms with van der Waals surface area (Å²) >= 11 is 0.222. The maximum absolute atomic E-state index is 12.1. The Hall–Kier alpha value is -1.22. The minimum absolute atomic E-state index is 0.222. The molecule has 1 N–H and O–H groups in total. The van der Waals surface area contributed by atoms with Gasteiger partial charge in [-0.25, -0.2) is 4.79 Å². The van der Waals surface area contributed by atoms with Crippen molar-refractivity contribution >= 4 is 32.9 Å². The number of halogens is 3. The van der Waals surface area contributed by atoms with Crippen LogP contribution in [0.25, 0.3) is 0 Å². The molecule has 1 unspecified atom stereocenters. The Kier molecular flexibility index (Phi) is 4.63. The summed E-state index contributed by atoms with van der Waals surface area (Å²) in [6.45, 7) is 0. The fourth-order valence-electron chi connectivity index (χ4n) is 1.25. The van der Waals surface area contributed by atoms with Gasteiger partial charge in [-0.15, -0.1) is 11.8 Å². The van der Waals surface area contributed by atoms with Gasteiger partial charge in [0.2, 0.25) is 10.3 Å². The molecule has 4 nitrogen and oxygen atoms in total. The third-order valence-corrected chi connectivity index (χ3v) is 4.17. The highest BCUT2D eigenvalue weighted by molar-refractivity contribution is 8.01. The zero-order chi connectivity index (χ0) is 13.9. The molecule has 100 valence electrons. The molecule has 0 saturated carbocycles. The molecule has 0 amide bonds. The number of thioether (sulfide) groups is 1. The second-order valence-corrected chi connectivity index (χ2v) is 5.26. The van der Waals surface area contributed by atoms with E-state index in [1.54, 1.807) is 0 Å². The van der Waals surface area contributed by atoms with E-state index in [4.69, 9.17) is 5.11 Å². The van der Waals surface area contributed by atoms with Gasteiger partial charge in [0.05, 0.1) is 21.4 Å². The molecule has 0 heterocycles. The Bertz CT molecular complexity index is 535. The first-order valence-corrected chi connectivity index (χ1v) is 6.61. The molecule has 0 aliphatic heterocycles. The average Bonchev–Trinajstić information content (AvgIpc) is 2.24. The summed E-state index contributed by atoms with van der Waals surface area (Å²) in [5, 5.41) is 7.49. The van der Waals surface area contributed by atoms with Crippen LogP contribution in [0.4, 0.5) is 13.2 Å². The zero-order valence-corrected chi connectivity index (χ0v) is 10.3. The number of carboxylic acid groups (broad SMARTS) is 1. The summed E-state index contributed by atoms with van der Waals surface area (Å²) in [7, 11) is -2.76. The average molecular weight is 300 g/mol. The molecule has 0 saturated heterocycles. The maximum atomic E-state index is 12.1. The molecule has 1 aliphatic carbocycles. The van der Waals surface area contributed by atoms with Crippen LogP contribution in [-0.2, 0) is 15.1 Å². The van der Waals surface area contributed by atoms with Crippen LogP contribution in [0.15, 0.2) is 23.8 Å². The Morgan fingerprint density at radius 2 is 2.06 bits per heavy atom. The molecule has 0 aromatic heterocycles. The van der Waals surface area contributed by atoms with Gasteiger partial charge < -0.3 is 5.11 Å².